The Morgan fingerprint density at radius 1 is 1.33 bits per heavy atom. The summed E-state index contributed by atoms with van der Waals surface area (Å²) in [7, 11) is 0. The number of hydrogen-bond acceptors (Lipinski definition) is 3. The van der Waals surface area contributed by atoms with Crippen LogP contribution in [0.4, 0.5) is 0 Å². The van der Waals surface area contributed by atoms with Crippen LogP contribution in [0.15, 0.2) is 0 Å². The highest BCUT2D eigenvalue weighted by molar-refractivity contribution is 5.84. The molecule has 0 aromatic rings. The zero-order valence-corrected chi connectivity index (χ0v) is 14.5. The average Bonchev–Trinajstić information content (AvgIpc) is 2.43. The van der Waals surface area contributed by atoms with Crippen LogP contribution in [0.3, 0.4) is 0 Å². The summed E-state index contributed by atoms with van der Waals surface area (Å²) in [6.45, 7) is 10.5. The Balaban J connectivity index is 2.45. The summed E-state index contributed by atoms with van der Waals surface area (Å²) in [5.41, 5.74) is 5.01. The molecule has 0 aromatic heterocycles. The van der Waals surface area contributed by atoms with Crippen molar-refractivity contribution in [3.05, 3.63) is 0 Å². The zero-order chi connectivity index (χ0) is 15.9. The van der Waals surface area contributed by atoms with Gasteiger partial charge in [-0.25, -0.2) is 0 Å². The lowest BCUT2D eigenvalue weighted by molar-refractivity contribution is -0.124. The number of nitrogens with zero attached hydrogens (tertiary/aromatic N) is 1. The SMILES string of the molecule is CCN(CCCC(C)(NC(C)C)C(N)=O)C1CCCCC1. The largest absolute Gasteiger partial charge is 0.368 e. The maximum absolute atomic E-state index is 11.7. The van der Waals surface area contributed by atoms with Crippen molar-refractivity contribution in [2.24, 2.45) is 5.73 Å². The molecule has 1 unspecified atom stereocenters. The highest BCUT2D eigenvalue weighted by Crippen LogP contribution is 2.23. The second kappa shape index (κ2) is 8.74. The fraction of sp³-hybridized carbons (Fsp3) is 0.941. The van der Waals surface area contributed by atoms with Gasteiger partial charge in [0, 0.05) is 12.1 Å². The second-order valence-corrected chi connectivity index (χ2v) is 7.02. The lowest BCUT2D eigenvalue weighted by Crippen LogP contribution is -2.55. The standard InChI is InChI=1S/C17H35N3O/c1-5-20(15-10-7-6-8-11-15)13-9-12-17(4,16(18)21)19-14(2)3/h14-15,19H,5-13H2,1-4H3,(H2,18,21). The molecule has 1 aliphatic carbocycles. The zero-order valence-electron chi connectivity index (χ0n) is 14.5. The minimum Gasteiger partial charge on any atom is -0.368 e. The van der Waals surface area contributed by atoms with Crippen molar-refractivity contribution in [1.82, 2.24) is 10.2 Å². The summed E-state index contributed by atoms with van der Waals surface area (Å²) in [5, 5.41) is 3.33. The minimum atomic E-state index is -0.583. The minimum absolute atomic E-state index is 0.239. The number of amides is 1. The van der Waals surface area contributed by atoms with E-state index in [9.17, 15) is 4.79 Å². The van der Waals surface area contributed by atoms with Gasteiger partial charge in [0.25, 0.3) is 0 Å². The van der Waals surface area contributed by atoms with Crippen LogP contribution < -0.4 is 11.1 Å². The van der Waals surface area contributed by atoms with E-state index < -0.39 is 5.54 Å². The topological polar surface area (TPSA) is 58.4 Å². The van der Waals surface area contributed by atoms with Gasteiger partial charge in [-0.15, -0.1) is 0 Å². The summed E-state index contributed by atoms with van der Waals surface area (Å²) in [5.74, 6) is -0.239. The van der Waals surface area contributed by atoms with Gasteiger partial charge in [0.1, 0.15) is 0 Å². The fourth-order valence-electron chi connectivity index (χ4n) is 3.58. The predicted octanol–water partition coefficient (Wildman–Crippen LogP) is 2.66. The van der Waals surface area contributed by atoms with Crippen molar-refractivity contribution in [3.63, 3.8) is 0 Å². The van der Waals surface area contributed by atoms with Crippen molar-refractivity contribution < 1.29 is 4.79 Å². The van der Waals surface area contributed by atoms with Crippen LogP contribution in [0.5, 0.6) is 0 Å². The normalized spacial score (nSPS) is 19.9. The van der Waals surface area contributed by atoms with Crippen LogP contribution in [-0.2, 0) is 4.79 Å². The van der Waals surface area contributed by atoms with E-state index in [2.05, 4.69) is 31.0 Å². The Hall–Kier alpha value is -0.610. The van der Waals surface area contributed by atoms with Crippen LogP contribution >= 0.6 is 0 Å². The van der Waals surface area contributed by atoms with Crippen LogP contribution in [-0.4, -0.2) is 41.5 Å². The molecule has 0 radical (unpaired) electrons. The Labute approximate surface area is 130 Å². The smallest absolute Gasteiger partial charge is 0.237 e. The first kappa shape index (κ1) is 18.4. The lowest BCUT2D eigenvalue weighted by atomic mass is 9.92. The third kappa shape index (κ3) is 5.95. The van der Waals surface area contributed by atoms with Gasteiger partial charge < -0.3 is 16.0 Å². The van der Waals surface area contributed by atoms with Crippen molar-refractivity contribution in [3.8, 4) is 0 Å². The first-order valence-corrected chi connectivity index (χ1v) is 8.70. The van der Waals surface area contributed by atoms with E-state index in [1.807, 2.05) is 6.92 Å². The Kier molecular flexibility index (Phi) is 7.67. The molecule has 0 aliphatic heterocycles. The van der Waals surface area contributed by atoms with E-state index in [4.69, 9.17) is 5.73 Å². The van der Waals surface area contributed by atoms with Gasteiger partial charge in [0.05, 0.1) is 5.54 Å². The fourth-order valence-corrected chi connectivity index (χ4v) is 3.58. The lowest BCUT2D eigenvalue weighted by Gasteiger charge is -2.35. The first-order chi connectivity index (χ1) is 9.89. The highest BCUT2D eigenvalue weighted by atomic mass is 16.1. The van der Waals surface area contributed by atoms with E-state index in [0.717, 1.165) is 32.0 Å². The number of nitrogens with two attached hydrogens (primary N) is 1. The molecule has 21 heavy (non-hydrogen) atoms. The molecule has 0 heterocycles. The van der Waals surface area contributed by atoms with E-state index in [-0.39, 0.29) is 11.9 Å². The Morgan fingerprint density at radius 3 is 2.43 bits per heavy atom. The molecule has 1 rings (SSSR count). The molecule has 3 N–H and O–H groups in total. The highest BCUT2D eigenvalue weighted by Gasteiger charge is 2.31. The van der Waals surface area contributed by atoms with Crippen LogP contribution in [0, 0.1) is 0 Å². The molecule has 4 heteroatoms. The molecule has 124 valence electrons. The quantitative estimate of drug-likeness (QED) is 0.688. The maximum atomic E-state index is 11.7. The molecule has 4 nitrogen and oxygen atoms in total. The number of rotatable bonds is 9. The number of primary amides is 1. The van der Waals surface area contributed by atoms with Gasteiger partial charge >= 0.3 is 0 Å². The van der Waals surface area contributed by atoms with Gasteiger partial charge in [-0.1, -0.05) is 26.2 Å². The molecule has 1 saturated carbocycles. The molecule has 0 bridgehead atoms. The third-order valence-electron chi connectivity index (χ3n) is 4.77. The molecular formula is C17H35N3O. The van der Waals surface area contributed by atoms with Crippen molar-refractivity contribution in [2.45, 2.75) is 90.3 Å². The number of nitrogens with one attached hydrogen (secondary N) is 1. The molecule has 0 aromatic carbocycles. The average molecular weight is 297 g/mol. The Morgan fingerprint density at radius 2 is 1.95 bits per heavy atom. The van der Waals surface area contributed by atoms with E-state index >= 15 is 0 Å². The molecule has 0 saturated heterocycles. The van der Waals surface area contributed by atoms with E-state index in [0.29, 0.717) is 0 Å². The van der Waals surface area contributed by atoms with Crippen LogP contribution in [0.25, 0.3) is 0 Å². The summed E-state index contributed by atoms with van der Waals surface area (Å²) in [6.07, 6.45) is 8.64. The summed E-state index contributed by atoms with van der Waals surface area (Å²) >= 11 is 0. The first-order valence-electron chi connectivity index (χ1n) is 8.70. The van der Waals surface area contributed by atoms with Gasteiger partial charge in [0.2, 0.25) is 5.91 Å². The monoisotopic (exact) mass is 297 g/mol. The molecule has 1 aliphatic rings. The predicted molar refractivity (Wildman–Crippen MR) is 89.2 cm³/mol. The van der Waals surface area contributed by atoms with Crippen LogP contribution in [0.2, 0.25) is 0 Å². The summed E-state index contributed by atoms with van der Waals surface area (Å²) < 4.78 is 0. The molecule has 1 atom stereocenters. The number of hydrogen-bond donors (Lipinski definition) is 2. The van der Waals surface area contributed by atoms with Crippen molar-refractivity contribution >= 4 is 5.91 Å². The Bertz CT molecular complexity index is 313. The molecule has 1 amide bonds. The summed E-state index contributed by atoms with van der Waals surface area (Å²) in [4.78, 5) is 14.3. The third-order valence-corrected chi connectivity index (χ3v) is 4.77. The van der Waals surface area contributed by atoms with Gasteiger partial charge in [0.15, 0.2) is 0 Å². The van der Waals surface area contributed by atoms with Crippen molar-refractivity contribution in [2.75, 3.05) is 13.1 Å². The van der Waals surface area contributed by atoms with Gasteiger partial charge in [-0.2, -0.15) is 0 Å². The van der Waals surface area contributed by atoms with Crippen molar-refractivity contribution in [1.29, 1.82) is 0 Å². The second-order valence-electron chi connectivity index (χ2n) is 7.02. The van der Waals surface area contributed by atoms with Gasteiger partial charge in [-0.05, 0) is 59.5 Å². The van der Waals surface area contributed by atoms with E-state index in [1.165, 1.54) is 32.1 Å². The molecular weight excluding hydrogens is 262 g/mol. The number of carbonyl (C=O) groups is 1. The molecule has 1 fully saturated rings. The van der Waals surface area contributed by atoms with E-state index in [1.54, 1.807) is 0 Å². The maximum Gasteiger partial charge on any atom is 0.237 e. The van der Waals surface area contributed by atoms with Crippen LogP contribution in [0.1, 0.15) is 72.6 Å². The van der Waals surface area contributed by atoms with Gasteiger partial charge in [-0.3, -0.25) is 4.79 Å². The molecule has 0 spiro atoms. The number of carbonyl (C=O) groups excluding carboxylic acids is 1. The summed E-state index contributed by atoms with van der Waals surface area (Å²) in [6, 6.07) is 1.02.